The van der Waals surface area contributed by atoms with Gasteiger partial charge in [0.05, 0.1) is 5.52 Å². The van der Waals surface area contributed by atoms with Crippen molar-refractivity contribution in [1.29, 1.82) is 0 Å². The first-order valence-corrected chi connectivity index (χ1v) is 7.00. The summed E-state index contributed by atoms with van der Waals surface area (Å²) in [6.45, 7) is 4.13. The summed E-state index contributed by atoms with van der Waals surface area (Å²) in [5, 5.41) is 1.09. The Morgan fingerprint density at radius 3 is 3.05 bits per heavy atom. The van der Waals surface area contributed by atoms with Crippen LogP contribution in [0.5, 0.6) is 0 Å². The SMILES string of the molecule is CCC1CN(c2ncc3ccccc3n2)CCC1N. The summed E-state index contributed by atoms with van der Waals surface area (Å²) in [5.41, 5.74) is 7.16. The number of piperidine rings is 1. The van der Waals surface area contributed by atoms with E-state index in [1.54, 1.807) is 0 Å². The molecular weight excluding hydrogens is 236 g/mol. The molecule has 0 bridgehead atoms. The van der Waals surface area contributed by atoms with Crippen LogP contribution in [-0.4, -0.2) is 29.1 Å². The molecule has 0 aliphatic carbocycles. The van der Waals surface area contributed by atoms with Crippen molar-refractivity contribution in [3.63, 3.8) is 0 Å². The number of anilines is 1. The summed E-state index contributed by atoms with van der Waals surface area (Å²) < 4.78 is 0. The molecule has 4 nitrogen and oxygen atoms in total. The van der Waals surface area contributed by atoms with Gasteiger partial charge < -0.3 is 10.6 Å². The minimum Gasteiger partial charge on any atom is -0.340 e. The highest BCUT2D eigenvalue weighted by Gasteiger charge is 2.26. The van der Waals surface area contributed by atoms with E-state index in [9.17, 15) is 0 Å². The highest BCUT2D eigenvalue weighted by Crippen LogP contribution is 2.23. The third-order valence-corrected chi connectivity index (χ3v) is 4.08. The predicted molar refractivity (Wildman–Crippen MR) is 78.1 cm³/mol. The van der Waals surface area contributed by atoms with Gasteiger partial charge in [-0.2, -0.15) is 0 Å². The zero-order valence-electron chi connectivity index (χ0n) is 11.3. The summed E-state index contributed by atoms with van der Waals surface area (Å²) in [6, 6.07) is 8.42. The Hall–Kier alpha value is -1.68. The van der Waals surface area contributed by atoms with E-state index in [-0.39, 0.29) is 0 Å². The van der Waals surface area contributed by atoms with Crippen LogP contribution in [0, 0.1) is 5.92 Å². The molecule has 0 amide bonds. The maximum Gasteiger partial charge on any atom is 0.225 e. The first kappa shape index (κ1) is 12.4. The Bertz CT molecular complexity index is 569. The topological polar surface area (TPSA) is 55.0 Å². The molecule has 0 radical (unpaired) electrons. The average molecular weight is 256 g/mol. The first-order valence-electron chi connectivity index (χ1n) is 7.00. The van der Waals surface area contributed by atoms with Gasteiger partial charge in [-0.05, 0) is 18.4 Å². The predicted octanol–water partition coefficient (Wildman–Crippen LogP) is 2.19. The molecule has 1 aliphatic heterocycles. The van der Waals surface area contributed by atoms with Crippen molar-refractivity contribution in [2.45, 2.75) is 25.8 Å². The van der Waals surface area contributed by atoms with Crippen LogP contribution in [-0.2, 0) is 0 Å². The lowest BCUT2D eigenvalue weighted by molar-refractivity contribution is 0.345. The van der Waals surface area contributed by atoms with Gasteiger partial charge >= 0.3 is 0 Å². The van der Waals surface area contributed by atoms with Crippen LogP contribution in [0.3, 0.4) is 0 Å². The minimum absolute atomic E-state index is 0.321. The van der Waals surface area contributed by atoms with E-state index in [4.69, 9.17) is 5.73 Å². The molecule has 0 saturated carbocycles. The van der Waals surface area contributed by atoms with Gasteiger partial charge in [0.2, 0.25) is 5.95 Å². The van der Waals surface area contributed by atoms with Crippen LogP contribution >= 0.6 is 0 Å². The largest absolute Gasteiger partial charge is 0.340 e. The quantitative estimate of drug-likeness (QED) is 0.895. The molecule has 1 aromatic carbocycles. The highest BCUT2D eigenvalue weighted by atomic mass is 15.3. The van der Waals surface area contributed by atoms with E-state index < -0.39 is 0 Å². The smallest absolute Gasteiger partial charge is 0.225 e. The summed E-state index contributed by atoms with van der Waals surface area (Å²) >= 11 is 0. The van der Waals surface area contributed by atoms with Crippen molar-refractivity contribution in [2.24, 2.45) is 11.7 Å². The molecule has 2 atom stereocenters. The fraction of sp³-hybridized carbons (Fsp3) is 0.467. The van der Waals surface area contributed by atoms with Crippen LogP contribution in [0.25, 0.3) is 10.9 Å². The molecule has 1 aliphatic rings. The monoisotopic (exact) mass is 256 g/mol. The molecule has 0 spiro atoms. The molecular formula is C15H20N4. The summed E-state index contributed by atoms with van der Waals surface area (Å²) in [6.07, 6.45) is 4.05. The maximum absolute atomic E-state index is 6.15. The lowest BCUT2D eigenvalue weighted by Crippen LogP contribution is -2.47. The Kier molecular flexibility index (Phi) is 3.34. The van der Waals surface area contributed by atoms with E-state index >= 15 is 0 Å². The van der Waals surface area contributed by atoms with Crippen molar-refractivity contribution in [3.05, 3.63) is 30.5 Å². The molecule has 2 unspecified atom stereocenters. The number of benzene rings is 1. The lowest BCUT2D eigenvalue weighted by atomic mass is 9.91. The average Bonchev–Trinajstić information content (AvgIpc) is 2.47. The minimum atomic E-state index is 0.321. The molecule has 2 heterocycles. The van der Waals surface area contributed by atoms with E-state index in [0.29, 0.717) is 12.0 Å². The molecule has 1 fully saturated rings. The molecule has 1 aromatic heterocycles. The van der Waals surface area contributed by atoms with Gasteiger partial charge in [0.1, 0.15) is 0 Å². The summed E-state index contributed by atoms with van der Waals surface area (Å²) in [5.74, 6) is 1.38. The van der Waals surface area contributed by atoms with E-state index in [1.807, 2.05) is 30.5 Å². The maximum atomic E-state index is 6.15. The van der Waals surface area contributed by atoms with E-state index in [2.05, 4.69) is 21.8 Å². The van der Waals surface area contributed by atoms with Crippen LogP contribution in [0.4, 0.5) is 5.95 Å². The van der Waals surface area contributed by atoms with Gasteiger partial charge in [0, 0.05) is 30.7 Å². The summed E-state index contributed by atoms with van der Waals surface area (Å²) in [7, 11) is 0. The number of para-hydroxylation sites is 1. The highest BCUT2D eigenvalue weighted by molar-refractivity contribution is 5.78. The number of aromatic nitrogens is 2. The molecule has 19 heavy (non-hydrogen) atoms. The van der Waals surface area contributed by atoms with E-state index in [1.165, 1.54) is 0 Å². The second kappa shape index (κ2) is 5.13. The van der Waals surface area contributed by atoms with Crippen molar-refractivity contribution in [2.75, 3.05) is 18.0 Å². The molecule has 1 saturated heterocycles. The van der Waals surface area contributed by atoms with Crippen molar-refractivity contribution < 1.29 is 0 Å². The van der Waals surface area contributed by atoms with Gasteiger partial charge in [-0.3, -0.25) is 0 Å². The fourth-order valence-electron chi connectivity index (χ4n) is 2.78. The van der Waals surface area contributed by atoms with Crippen molar-refractivity contribution >= 4 is 16.9 Å². The second-order valence-electron chi connectivity index (χ2n) is 5.30. The standard InChI is InChI=1S/C15H20N4/c1-2-11-10-19(8-7-13(11)16)15-17-9-12-5-3-4-6-14(12)18-15/h3-6,9,11,13H,2,7-8,10,16H2,1H3. The Labute approximate surface area is 113 Å². The van der Waals surface area contributed by atoms with Crippen LogP contribution in [0.2, 0.25) is 0 Å². The number of fused-ring (bicyclic) bond motifs is 1. The first-order chi connectivity index (χ1) is 9.28. The number of nitrogens with two attached hydrogens (primary N) is 1. The van der Waals surface area contributed by atoms with Gasteiger partial charge in [0.15, 0.2) is 0 Å². The molecule has 100 valence electrons. The third-order valence-electron chi connectivity index (χ3n) is 4.08. The summed E-state index contributed by atoms with van der Waals surface area (Å²) in [4.78, 5) is 11.4. The number of nitrogens with zero attached hydrogens (tertiary/aromatic N) is 3. The lowest BCUT2D eigenvalue weighted by Gasteiger charge is -2.36. The van der Waals surface area contributed by atoms with Crippen LogP contribution in [0.1, 0.15) is 19.8 Å². The number of rotatable bonds is 2. The zero-order chi connectivity index (χ0) is 13.2. The van der Waals surface area contributed by atoms with Crippen molar-refractivity contribution in [1.82, 2.24) is 9.97 Å². The van der Waals surface area contributed by atoms with Crippen molar-refractivity contribution in [3.8, 4) is 0 Å². The third kappa shape index (κ3) is 2.40. The van der Waals surface area contributed by atoms with Crippen LogP contribution < -0.4 is 10.6 Å². The Morgan fingerprint density at radius 2 is 2.21 bits per heavy atom. The number of hydrogen-bond acceptors (Lipinski definition) is 4. The number of hydrogen-bond donors (Lipinski definition) is 1. The molecule has 2 aromatic rings. The van der Waals surface area contributed by atoms with Crippen LogP contribution in [0.15, 0.2) is 30.5 Å². The zero-order valence-corrected chi connectivity index (χ0v) is 11.3. The second-order valence-corrected chi connectivity index (χ2v) is 5.30. The molecule has 4 heteroatoms. The van der Waals surface area contributed by atoms with Gasteiger partial charge in [-0.25, -0.2) is 9.97 Å². The Morgan fingerprint density at radius 1 is 1.37 bits per heavy atom. The Balaban J connectivity index is 1.87. The van der Waals surface area contributed by atoms with Gasteiger partial charge in [-0.15, -0.1) is 0 Å². The normalized spacial score (nSPS) is 23.8. The molecule has 2 N–H and O–H groups in total. The van der Waals surface area contributed by atoms with E-state index in [0.717, 1.165) is 42.8 Å². The fourth-order valence-corrected chi connectivity index (χ4v) is 2.78. The van der Waals surface area contributed by atoms with Gasteiger partial charge in [0.25, 0.3) is 0 Å². The van der Waals surface area contributed by atoms with Gasteiger partial charge in [-0.1, -0.05) is 31.5 Å². The molecule has 3 rings (SSSR count).